The Morgan fingerprint density at radius 2 is 2.36 bits per heavy atom. The first kappa shape index (κ1) is 8.20. The highest BCUT2D eigenvalue weighted by Gasteiger charge is 1.97. The molecule has 0 spiro atoms. The number of hydrogen-bond acceptors (Lipinski definition) is 4. The number of anilines is 2. The monoisotopic (exact) mass is 169 g/mol. The van der Waals surface area contributed by atoms with E-state index in [2.05, 4.69) is 9.71 Å². The highest BCUT2D eigenvalue weighted by atomic mass is 32.2. The first-order valence-corrected chi connectivity index (χ1v) is 4.47. The molecule has 0 saturated heterocycles. The maximum absolute atomic E-state index is 5.64. The Bertz CT molecular complexity index is 249. The number of hydrogen-bond donors (Lipinski definition) is 2. The summed E-state index contributed by atoms with van der Waals surface area (Å²) in [4.78, 5) is 4.05. The van der Waals surface area contributed by atoms with Crippen LogP contribution in [0.2, 0.25) is 0 Å². The molecule has 0 bridgehead atoms. The zero-order valence-corrected chi connectivity index (χ0v) is 7.40. The zero-order chi connectivity index (χ0) is 8.27. The van der Waals surface area contributed by atoms with E-state index in [0.29, 0.717) is 5.69 Å². The number of nitrogens with one attached hydrogen (secondary N) is 1. The van der Waals surface area contributed by atoms with Crippen LogP contribution in [-0.4, -0.2) is 11.2 Å². The van der Waals surface area contributed by atoms with Crippen molar-refractivity contribution >= 4 is 23.3 Å². The second-order valence-electron chi connectivity index (χ2n) is 2.22. The first-order chi connectivity index (χ1) is 5.24. The highest BCUT2D eigenvalue weighted by Crippen LogP contribution is 2.19. The van der Waals surface area contributed by atoms with Crippen LogP contribution in [0.3, 0.4) is 0 Å². The summed E-state index contributed by atoms with van der Waals surface area (Å²) in [5.41, 5.74) is 8.23. The van der Waals surface area contributed by atoms with Gasteiger partial charge in [-0.25, -0.2) is 0 Å². The number of nitrogen functional groups attached to an aromatic ring is 1. The van der Waals surface area contributed by atoms with Gasteiger partial charge in [-0.05, 0) is 13.0 Å². The number of rotatable bonds is 2. The number of aromatic nitrogens is 1. The fourth-order valence-electron chi connectivity index (χ4n) is 0.769. The molecule has 4 heteroatoms. The summed E-state index contributed by atoms with van der Waals surface area (Å²) in [5.74, 6) is 0. The molecule has 1 rings (SSSR count). The Hall–Kier alpha value is -0.900. The lowest BCUT2D eigenvalue weighted by molar-refractivity contribution is 1.21. The van der Waals surface area contributed by atoms with Crippen molar-refractivity contribution in [3.8, 4) is 0 Å². The smallest absolute Gasteiger partial charge is 0.0745 e. The van der Waals surface area contributed by atoms with Crippen LogP contribution in [0.5, 0.6) is 0 Å². The van der Waals surface area contributed by atoms with Gasteiger partial charge in [-0.1, -0.05) is 11.9 Å². The van der Waals surface area contributed by atoms with Crippen LogP contribution >= 0.6 is 11.9 Å². The molecule has 0 aliphatic carbocycles. The van der Waals surface area contributed by atoms with E-state index in [9.17, 15) is 0 Å². The summed E-state index contributed by atoms with van der Waals surface area (Å²) in [5, 5.41) is 0. The third kappa shape index (κ3) is 2.01. The lowest BCUT2D eigenvalue weighted by atomic mass is 10.3. The average Bonchev–Trinajstić information content (AvgIpc) is 1.98. The van der Waals surface area contributed by atoms with E-state index in [1.54, 1.807) is 6.20 Å². The molecule has 0 aromatic carbocycles. The molecule has 0 saturated carbocycles. The number of nitrogens with two attached hydrogens (primary N) is 1. The topological polar surface area (TPSA) is 50.9 Å². The third-order valence-electron chi connectivity index (χ3n) is 1.28. The van der Waals surface area contributed by atoms with Crippen molar-refractivity contribution in [2.45, 2.75) is 6.92 Å². The summed E-state index contributed by atoms with van der Waals surface area (Å²) < 4.78 is 3.07. The van der Waals surface area contributed by atoms with Gasteiger partial charge in [0.2, 0.25) is 0 Å². The van der Waals surface area contributed by atoms with Crippen LogP contribution in [0, 0.1) is 6.92 Å². The van der Waals surface area contributed by atoms with Crippen molar-refractivity contribution in [2.24, 2.45) is 0 Å². The Morgan fingerprint density at radius 1 is 1.64 bits per heavy atom. The minimum absolute atomic E-state index is 0.685. The molecule has 1 heterocycles. The zero-order valence-electron chi connectivity index (χ0n) is 6.59. The average molecular weight is 169 g/mol. The van der Waals surface area contributed by atoms with Crippen molar-refractivity contribution in [1.29, 1.82) is 0 Å². The lowest BCUT2D eigenvalue weighted by Gasteiger charge is -2.05. The molecular formula is C7H11N3S. The molecule has 0 unspecified atom stereocenters. The van der Waals surface area contributed by atoms with Crippen molar-refractivity contribution in [1.82, 2.24) is 4.98 Å². The normalized spacial score (nSPS) is 9.64. The summed E-state index contributed by atoms with van der Waals surface area (Å²) in [7, 11) is 0. The fraction of sp³-hybridized carbons (Fsp3) is 0.286. The van der Waals surface area contributed by atoms with E-state index >= 15 is 0 Å². The maximum atomic E-state index is 5.64. The van der Waals surface area contributed by atoms with Crippen molar-refractivity contribution < 1.29 is 0 Å². The van der Waals surface area contributed by atoms with E-state index in [1.807, 2.05) is 19.2 Å². The Morgan fingerprint density at radius 3 is 3.00 bits per heavy atom. The molecule has 0 amide bonds. The molecule has 0 aliphatic rings. The summed E-state index contributed by atoms with van der Waals surface area (Å²) in [6.45, 7) is 1.94. The molecule has 0 fully saturated rings. The van der Waals surface area contributed by atoms with E-state index < -0.39 is 0 Å². The Kier molecular flexibility index (Phi) is 2.59. The van der Waals surface area contributed by atoms with Crippen LogP contribution in [0.25, 0.3) is 0 Å². The van der Waals surface area contributed by atoms with Crippen molar-refractivity contribution in [3.05, 3.63) is 18.0 Å². The van der Waals surface area contributed by atoms with Crippen molar-refractivity contribution in [3.63, 3.8) is 0 Å². The van der Waals surface area contributed by atoms with Gasteiger partial charge in [0.1, 0.15) is 0 Å². The van der Waals surface area contributed by atoms with E-state index in [-0.39, 0.29) is 0 Å². The van der Waals surface area contributed by atoms with Gasteiger partial charge in [0, 0.05) is 11.9 Å². The predicted octanol–water partition coefficient (Wildman–Crippen LogP) is 1.66. The highest BCUT2D eigenvalue weighted by molar-refractivity contribution is 7.99. The molecule has 0 aliphatic heterocycles. The molecule has 60 valence electrons. The number of pyridine rings is 1. The summed E-state index contributed by atoms with van der Waals surface area (Å²) in [6.07, 6.45) is 3.61. The summed E-state index contributed by atoms with van der Waals surface area (Å²) >= 11 is 1.52. The second-order valence-corrected chi connectivity index (χ2v) is 2.83. The van der Waals surface area contributed by atoms with Gasteiger partial charge in [0.05, 0.1) is 17.6 Å². The molecule has 1 aromatic rings. The SMILES string of the molecule is CSNc1cc(C)ncc1N. The lowest BCUT2D eigenvalue weighted by Crippen LogP contribution is -1.95. The second kappa shape index (κ2) is 3.48. The Labute approximate surface area is 70.5 Å². The molecule has 3 N–H and O–H groups in total. The molecule has 11 heavy (non-hydrogen) atoms. The quantitative estimate of drug-likeness (QED) is 0.661. The van der Waals surface area contributed by atoms with Crippen LogP contribution in [0.15, 0.2) is 12.3 Å². The minimum atomic E-state index is 0.685. The van der Waals surface area contributed by atoms with Crippen LogP contribution in [0.1, 0.15) is 5.69 Å². The van der Waals surface area contributed by atoms with E-state index in [1.165, 1.54) is 11.9 Å². The Balaban J connectivity index is 2.93. The minimum Gasteiger partial charge on any atom is -0.396 e. The molecule has 1 aromatic heterocycles. The van der Waals surface area contributed by atoms with E-state index in [0.717, 1.165) is 11.4 Å². The van der Waals surface area contributed by atoms with Crippen molar-refractivity contribution in [2.75, 3.05) is 16.7 Å². The first-order valence-electron chi connectivity index (χ1n) is 3.25. The standard InChI is InChI=1S/C7H11N3S/c1-5-3-7(10-11-2)6(8)4-9-5/h3-4H,8H2,1-2H3,(H,9,10). The fourth-order valence-corrected chi connectivity index (χ4v) is 1.17. The predicted molar refractivity (Wildman–Crippen MR) is 50.5 cm³/mol. The van der Waals surface area contributed by atoms with Gasteiger partial charge >= 0.3 is 0 Å². The third-order valence-corrected chi connectivity index (χ3v) is 1.71. The van der Waals surface area contributed by atoms with Crippen LogP contribution in [-0.2, 0) is 0 Å². The number of aryl methyl sites for hydroxylation is 1. The van der Waals surface area contributed by atoms with Gasteiger partial charge in [0.15, 0.2) is 0 Å². The molecule has 3 nitrogen and oxygen atoms in total. The van der Waals surface area contributed by atoms with Crippen LogP contribution < -0.4 is 10.5 Å². The van der Waals surface area contributed by atoms with Crippen LogP contribution in [0.4, 0.5) is 11.4 Å². The van der Waals surface area contributed by atoms with Gasteiger partial charge in [-0.3, -0.25) is 4.98 Å². The molecular weight excluding hydrogens is 158 g/mol. The molecule has 0 radical (unpaired) electrons. The van der Waals surface area contributed by atoms with Gasteiger partial charge in [0.25, 0.3) is 0 Å². The molecule has 0 atom stereocenters. The largest absolute Gasteiger partial charge is 0.396 e. The maximum Gasteiger partial charge on any atom is 0.0745 e. The number of nitrogens with zero attached hydrogens (tertiary/aromatic N) is 1. The van der Waals surface area contributed by atoms with Gasteiger partial charge < -0.3 is 10.5 Å². The van der Waals surface area contributed by atoms with Gasteiger partial charge in [-0.2, -0.15) is 0 Å². The van der Waals surface area contributed by atoms with Gasteiger partial charge in [-0.15, -0.1) is 0 Å². The van der Waals surface area contributed by atoms with E-state index in [4.69, 9.17) is 5.73 Å². The summed E-state index contributed by atoms with van der Waals surface area (Å²) in [6, 6.07) is 1.92.